The Morgan fingerprint density at radius 1 is 0.258 bits per heavy atom. The van der Waals surface area contributed by atoms with Gasteiger partial charge in [-0.15, -0.1) is 0 Å². The third kappa shape index (κ3) is 17.1. The Morgan fingerprint density at radius 2 is 0.442 bits per heavy atom. The van der Waals surface area contributed by atoms with Crippen LogP contribution >= 0.6 is 0 Å². The van der Waals surface area contributed by atoms with Crippen molar-refractivity contribution in [1.29, 1.82) is 0 Å². The molecule has 17 rings (SSSR count). The molecule has 0 unspecified atom stereocenters. The van der Waals surface area contributed by atoms with Crippen LogP contribution in [0, 0.1) is 0 Å². The van der Waals surface area contributed by atoms with Crippen LogP contribution in [0.4, 0.5) is 0 Å². The number of hydrogen-bond acceptors (Lipinski definition) is 12. The SMILES string of the molecule is CCOc1c2cc(c3c1CN([C@H](C)c1ccccc1)CO3)[C@@H](CCc1ccccc1)c1cc(c3c(c1OCC)CN([C@H](C)c1ccccc1)CO3)[C@@H](CCc1ccccc1)c1cc(c3c(c1OCC)CN([C@H](C)c1ccccc1)CO3)[C@@H](CCc1ccccc1)c1cc(c3c(c1OCC)CN([C@H](C)c1ccccc1)CO3)[C@H]2CCc1ccccc1. The van der Waals surface area contributed by atoms with Crippen molar-refractivity contribution < 1.29 is 37.9 Å². The van der Waals surface area contributed by atoms with Gasteiger partial charge in [-0.1, -0.05) is 243 Å². The van der Waals surface area contributed by atoms with Gasteiger partial charge in [-0.2, -0.15) is 0 Å². The number of hydrogen-bond donors (Lipinski definition) is 0. The molecule has 1 aliphatic carbocycles. The van der Waals surface area contributed by atoms with Crippen LogP contribution in [0.2, 0.25) is 0 Å². The highest BCUT2D eigenvalue weighted by Crippen LogP contribution is 2.60. The third-order valence-electron chi connectivity index (χ3n) is 26.2. The summed E-state index contributed by atoms with van der Waals surface area (Å²) in [6.45, 7) is 23.2. The lowest BCUT2D eigenvalue weighted by molar-refractivity contribution is 0.0577. The van der Waals surface area contributed by atoms with Crippen LogP contribution in [0.3, 0.4) is 0 Å². The summed E-state index contributed by atoms with van der Waals surface area (Å²) in [6.07, 6.45) is 5.84. The maximum atomic E-state index is 7.82. The second-order valence-electron chi connectivity index (χ2n) is 33.2. The number of nitrogens with zero attached hydrogens (tertiary/aromatic N) is 4. The van der Waals surface area contributed by atoms with Crippen molar-refractivity contribution >= 4 is 0 Å². The van der Waals surface area contributed by atoms with Gasteiger partial charge in [0.25, 0.3) is 0 Å². The fourth-order valence-corrected chi connectivity index (χ4v) is 19.7. The topological polar surface area (TPSA) is 86.8 Å². The molecule has 5 aliphatic rings. The Kier molecular flexibility index (Phi) is 25.5. The van der Waals surface area contributed by atoms with Crippen LogP contribution < -0.4 is 37.9 Å². The Labute approximate surface area is 711 Å². The zero-order valence-electron chi connectivity index (χ0n) is 71.2. The van der Waals surface area contributed by atoms with Crippen molar-refractivity contribution in [3.8, 4) is 46.0 Å². The van der Waals surface area contributed by atoms with E-state index in [1.807, 2.05) is 0 Å². The van der Waals surface area contributed by atoms with Gasteiger partial charge in [0.05, 0.1) is 48.7 Å². The highest BCUT2D eigenvalue weighted by Gasteiger charge is 2.44. The van der Waals surface area contributed by atoms with Gasteiger partial charge in [-0.05, 0) is 176 Å². The average Bonchev–Trinajstić information content (AvgIpc) is 0.730. The van der Waals surface area contributed by atoms with Gasteiger partial charge in [0.1, 0.15) is 72.9 Å². The Hall–Kier alpha value is -11.1. The molecule has 0 saturated carbocycles. The highest BCUT2D eigenvalue weighted by molar-refractivity contribution is 5.70. The van der Waals surface area contributed by atoms with Gasteiger partial charge in [-0.25, -0.2) is 0 Å². The first-order valence-corrected chi connectivity index (χ1v) is 44.2. The van der Waals surface area contributed by atoms with E-state index in [4.69, 9.17) is 37.9 Å². The molecular formula is C108H116N4O8. The molecule has 616 valence electrons. The molecule has 12 nitrogen and oxygen atoms in total. The van der Waals surface area contributed by atoms with E-state index in [2.05, 4.69) is 342 Å². The predicted molar refractivity (Wildman–Crippen MR) is 480 cm³/mol. The van der Waals surface area contributed by atoms with E-state index in [0.717, 1.165) is 138 Å². The van der Waals surface area contributed by atoms with Crippen LogP contribution in [-0.4, -0.2) is 73.0 Å². The van der Waals surface area contributed by atoms with E-state index in [0.29, 0.717) is 105 Å². The van der Waals surface area contributed by atoms with Gasteiger partial charge in [-0.3, -0.25) is 19.6 Å². The monoisotopic (exact) mass is 1600 g/mol. The molecule has 0 saturated heterocycles. The highest BCUT2D eigenvalue weighted by atomic mass is 16.5. The molecule has 120 heavy (non-hydrogen) atoms. The van der Waals surface area contributed by atoms with E-state index in [1.54, 1.807) is 0 Å². The fourth-order valence-electron chi connectivity index (χ4n) is 19.7. The van der Waals surface area contributed by atoms with Crippen LogP contribution in [0.5, 0.6) is 46.0 Å². The minimum atomic E-state index is -0.347. The van der Waals surface area contributed by atoms with Crippen molar-refractivity contribution in [3.05, 3.63) is 378 Å². The normalized spacial score (nSPS) is 18.1. The molecule has 12 heteroatoms. The molecule has 12 aromatic rings. The Bertz CT molecular complexity index is 4740. The molecule has 4 heterocycles. The molecule has 0 aromatic heterocycles. The Morgan fingerprint density at radius 3 is 0.625 bits per heavy atom. The summed E-state index contributed by atoms with van der Waals surface area (Å²) >= 11 is 0. The van der Waals surface area contributed by atoms with E-state index in [9.17, 15) is 0 Å². The second kappa shape index (κ2) is 37.7. The van der Waals surface area contributed by atoms with Crippen LogP contribution in [-0.2, 0) is 51.9 Å². The first kappa shape index (κ1) is 81.3. The molecule has 0 amide bonds. The molecule has 4 aliphatic heterocycles. The first-order chi connectivity index (χ1) is 59.0. The van der Waals surface area contributed by atoms with E-state index >= 15 is 0 Å². The lowest BCUT2D eigenvalue weighted by Gasteiger charge is -2.41. The van der Waals surface area contributed by atoms with E-state index in [-0.39, 0.29) is 47.8 Å². The van der Waals surface area contributed by atoms with Gasteiger partial charge < -0.3 is 37.9 Å². The van der Waals surface area contributed by atoms with Crippen LogP contribution in [0.15, 0.2) is 267 Å². The largest absolute Gasteiger partial charge is 0.493 e. The number of aryl methyl sites for hydroxylation is 4. The van der Waals surface area contributed by atoms with Crippen LogP contribution in [0.1, 0.15) is 240 Å². The Balaban J connectivity index is 1.04. The van der Waals surface area contributed by atoms with E-state index < -0.39 is 0 Å². The second-order valence-corrected chi connectivity index (χ2v) is 33.2. The van der Waals surface area contributed by atoms with E-state index in [1.165, 1.54) is 44.5 Å². The van der Waals surface area contributed by atoms with Crippen LogP contribution in [0.25, 0.3) is 0 Å². The number of benzene rings is 12. The first-order valence-electron chi connectivity index (χ1n) is 44.2. The maximum absolute atomic E-state index is 7.82. The van der Waals surface area contributed by atoms with Crippen molar-refractivity contribution in [2.45, 2.75) is 181 Å². The summed E-state index contributed by atoms with van der Waals surface area (Å²) in [6, 6.07) is 98.2. The third-order valence-corrected chi connectivity index (χ3v) is 26.2. The maximum Gasteiger partial charge on any atom is 0.142 e. The molecule has 12 aromatic carbocycles. The lowest BCUT2D eigenvalue weighted by Crippen LogP contribution is -2.36. The molecular weight excluding hydrogens is 1480 g/mol. The smallest absolute Gasteiger partial charge is 0.142 e. The predicted octanol–water partition coefficient (Wildman–Crippen LogP) is 24.3. The molecule has 0 spiro atoms. The molecule has 0 radical (unpaired) electrons. The lowest BCUT2D eigenvalue weighted by atomic mass is 9.74. The summed E-state index contributed by atoms with van der Waals surface area (Å²) < 4.78 is 61.8. The fraction of sp³-hybridized carbons (Fsp3) is 0.333. The molecule has 0 fully saturated rings. The van der Waals surface area contributed by atoms with Gasteiger partial charge in [0, 0.05) is 119 Å². The summed E-state index contributed by atoms with van der Waals surface area (Å²) in [5, 5.41) is 0. The van der Waals surface area contributed by atoms with Crippen molar-refractivity contribution in [2.24, 2.45) is 0 Å². The average molecular weight is 1600 g/mol. The summed E-state index contributed by atoms with van der Waals surface area (Å²) in [5.74, 6) is 5.47. The quantitative estimate of drug-likeness (QED) is 0.0468. The molecule has 8 atom stereocenters. The minimum absolute atomic E-state index is 0.0112. The zero-order chi connectivity index (χ0) is 82.0. The summed E-state index contributed by atoms with van der Waals surface area (Å²) in [7, 11) is 0. The van der Waals surface area contributed by atoms with Crippen molar-refractivity contribution in [3.63, 3.8) is 0 Å². The van der Waals surface area contributed by atoms with Crippen molar-refractivity contribution in [1.82, 2.24) is 19.6 Å². The van der Waals surface area contributed by atoms with Gasteiger partial charge in [0.2, 0.25) is 0 Å². The minimum Gasteiger partial charge on any atom is -0.493 e. The summed E-state index contributed by atoms with van der Waals surface area (Å²) in [4.78, 5) is 9.97. The molecule has 8 bridgehead atoms. The number of rotatable bonds is 28. The zero-order valence-corrected chi connectivity index (χ0v) is 71.2. The number of fused-ring (bicyclic) bond motifs is 16. The standard InChI is InChI=1S/C108H116N4O8/c1-9-113-101-89-61-93(105-97(101)65-109(69-117-105)73(5)81-45-29-17-30-46-81)86(58-54-78-39-23-14-24-40-78)91-63-95(107-99(103(91)115-11-3)67-111(71-119-107)75(7)83-49-33-19-34-50-83)88(60-56-80-43-27-16-28-44-80)92-64-96(108-100(104(92)116-12-4)68-112(72-120-108)76(8)84-51-35-20-36-52-84)87(59-55-79-41-25-15-26-42-79)90-62-94(85(89)57-53-77-37-21-13-22-38-77)106-98(102(90)114-10-2)66-110(70-118-106)74(6)82-47-31-18-32-48-82/h13-52,61-64,73-76,85-88H,9-12,53-60,65-72H2,1-8H3/t73-,74-,75-,76-,85+,86+,87+,88+/m1/s1. The van der Waals surface area contributed by atoms with Gasteiger partial charge >= 0.3 is 0 Å². The molecule has 0 N–H and O–H groups in total. The van der Waals surface area contributed by atoms with Crippen molar-refractivity contribution in [2.75, 3.05) is 53.4 Å². The number of ether oxygens (including phenoxy) is 8. The van der Waals surface area contributed by atoms with Gasteiger partial charge in [0.15, 0.2) is 0 Å². The summed E-state index contributed by atoms with van der Waals surface area (Å²) in [5.41, 5.74) is 22.8.